The van der Waals surface area contributed by atoms with Gasteiger partial charge >= 0.3 is 0 Å². The summed E-state index contributed by atoms with van der Waals surface area (Å²) in [6.07, 6.45) is 2.64. The lowest BCUT2D eigenvalue weighted by Gasteiger charge is -2.31. The van der Waals surface area contributed by atoms with Gasteiger partial charge in [0.25, 0.3) is 12.3 Å². The molecule has 12 heteroatoms. The highest BCUT2D eigenvalue weighted by Gasteiger charge is 2.47. The van der Waals surface area contributed by atoms with E-state index in [1.54, 1.807) is 24.7 Å². The second-order valence-electron chi connectivity index (χ2n) is 9.49. The number of aromatic nitrogens is 4. The molecule has 0 spiro atoms. The number of nitrogens with zero attached hydrogens (tertiary/aromatic N) is 5. The van der Waals surface area contributed by atoms with E-state index in [1.165, 1.54) is 0 Å². The number of pyridine rings is 2. The van der Waals surface area contributed by atoms with Gasteiger partial charge in [0.15, 0.2) is 0 Å². The predicted octanol–water partition coefficient (Wildman–Crippen LogP) is 4.33. The fraction of sp³-hybridized carbons (Fsp3) is 0.296. The second-order valence-corrected chi connectivity index (χ2v) is 9.49. The second kappa shape index (κ2) is 9.84. The predicted molar refractivity (Wildman–Crippen MR) is 133 cm³/mol. The molecule has 2 aliphatic heterocycles. The van der Waals surface area contributed by atoms with Crippen LogP contribution in [0.4, 0.5) is 23.4 Å². The van der Waals surface area contributed by atoms with Gasteiger partial charge in [-0.2, -0.15) is 0 Å². The number of hydrogen-bond donors (Lipinski definition) is 1. The molecule has 3 aromatic heterocycles. The summed E-state index contributed by atoms with van der Waals surface area (Å²) >= 11 is 0. The summed E-state index contributed by atoms with van der Waals surface area (Å²) in [4.78, 5) is 32.9. The van der Waals surface area contributed by atoms with Crippen molar-refractivity contribution in [3.63, 3.8) is 0 Å². The van der Waals surface area contributed by atoms with E-state index in [9.17, 15) is 22.4 Å². The summed E-state index contributed by atoms with van der Waals surface area (Å²) in [5, 5.41) is 3.35. The topological polar surface area (TPSA) is 93.1 Å². The van der Waals surface area contributed by atoms with E-state index < -0.39 is 36.0 Å². The number of alkyl halides is 3. The van der Waals surface area contributed by atoms with Crippen molar-refractivity contribution in [2.24, 2.45) is 0 Å². The van der Waals surface area contributed by atoms with Gasteiger partial charge in [-0.1, -0.05) is 0 Å². The summed E-state index contributed by atoms with van der Waals surface area (Å²) in [6.45, 7) is 0.551. The van der Waals surface area contributed by atoms with E-state index >= 15 is 0 Å². The molecule has 8 nitrogen and oxygen atoms in total. The van der Waals surface area contributed by atoms with E-state index in [0.717, 1.165) is 42.8 Å². The van der Waals surface area contributed by atoms with Gasteiger partial charge in [0.1, 0.15) is 17.3 Å². The molecule has 39 heavy (non-hydrogen) atoms. The van der Waals surface area contributed by atoms with Crippen molar-refractivity contribution in [2.45, 2.75) is 31.7 Å². The first-order valence-corrected chi connectivity index (χ1v) is 12.3. The minimum Gasteiger partial charge on any atom is -0.373 e. The molecule has 6 rings (SSSR count). The zero-order chi connectivity index (χ0) is 27.1. The molecule has 0 unspecified atom stereocenters. The van der Waals surface area contributed by atoms with Gasteiger partial charge in [-0.15, -0.1) is 0 Å². The Morgan fingerprint density at radius 1 is 1.10 bits per heavy atom. The molecule has 0 saturated carbocycles. The average molecular weight is 539 g/mol. The van der Waals surface area contributed by atoms with Crippen molar-refractivity contribution in [2.75, 3.05) is 24.6 Å². The number of ether oxygens (including phenoxy) is 1. The molecular weight excluding hydrogens is 516 g/mol. The number of benzene rings is 1. The molecule has 1 amide bonds. The Morgan fingerprint density at radius 3 is 2.72 bits per heavy atom. The Morgan fingerprint density at radius 2 is 1.95 bits per heavy atom. The fourth-order valence-electron chi connectivity index (χ4n) is 4.59. The highest BCUT2D eigenvalue weighted by Crippen LogP contribution is 2.40. The molecule has 4 aromatic rings. The molecular formula is C27H22F4N6O2. The molecule has 1 aromatic carbocycles. The van der Waals surface area contributed by atoms with E-state index in [4.69, 9.17) is 4.74 Å². The van der Waals surface area contributed by atoms with Gasteiger partial charge in [0, 0.05) is 41.4 Å². The number of rotatable bonds is 6. The monoisotopic (exact) mass is 538 g/mol. The molecule has 0 aliphatic carbocycles. The van der Waals surface area contributed by atoms with Gasteiger partial charge < -0.3 is 15.0 Å². The van der Waals surface area contributed by atoms with Crippen molar-refractivity contribution in [3.05, 3.63) is 77.1 Å². The Labute approximate surface area is 220 Å². The van der Waals surface area contributed by atoms with E-state index in [0.29, 0.717) is 22.6 Å². The average Bonchev–Trinajstić information content (AvgIpc) is 2.91. The number of carbonyl (C=O) groups excluding carboxylic acids is 1. The maximum absolute atomic E-state index is 14.9. The van der Waals surface area contributed by atoms with Crippen molar-refractivity contribution in [1.29, 1.82) is 0 Å². The Bertz CT molecular complexity index is 1580. The first-order valence-electron chi connectivity index (χ1n) is 12.3. The summed E-state index contributed by atoms with van der Waals surface area (Å²) in [6, 6.07) is 7.22. The van der Waals surface area contributed by atoms with Crippen molar-refractivity contribution in [3.8, 4) is 11.4 Å². The number of nitrogens with one attached hydrogen (secondary N) is 1. The van der Waals surface area contributed by atoms with Crippen LogP contribution >= 0.6 is 0 Å². The van der Waals surface area contributed by atoms with E-state index in [-0.39, 0.29) is 24.3 Å². The first kappa shape index (κ1) is 25.1. The Kier molecular flexibility index (Phi) is 6.34. The van der Waals surface area contributed by atoms with Gasteiger partial charge in [-0.3, -0.25) is 14.8 Å². The van der Waals surface area contributed by atoms with Gasteiger partial charge in [-0.05, 0) is 36.8 Å². The van der Waals surface area contributed by atoms with E-state index in [1.807, 2.05) is 12.1 Å². The molecule has 1 N–H and O–H groups in total. The normalized spacial score (nSPS) is 18.6. The third-order valence-corrected chi connectivity index (χ3v) is 6.93. The van der Waals surface area contributed by atoms with Crippen LogP contribution in [0.25, 0.3) is 22.3 Å². The quantitative estimate of drug-likeness (QED) is 0.366. The summed E-state index contributed by atoms with van der Waals surface area (Å²) in [5.41, 5.74) is -2.05. The maximum Gasteiger partial charge on any atom is 0.278 e. The lowest BCUT2D eigenvalue weighted by Crippen LogP contribution is -2.39. The van der Waals surface area contributed by atoms with Crippen LogP contribution in [0.1, 0.15) is 33.6 Å². The standard InChI is InChI=1S/C27H22F4N6O2/c28-20-7-16(6-19-18(20)13-39-14-27(19,31)26(29)30)25(38)34-10-17-8-22-15(9-33-17)2-3-21(35-22)23-11-32-12-24(36-23)37-4-1-5-37/h2-3,6-9,11-12,26H,1,4-5,10,13-14H2,(H,34,38)/t27-/m0/s1. The smallest absolute Gasteiger partial charge is 0.278 e. The van der Waals surface area contributed by atoms with Crippen LogP contribution in [0.5, 0.6) is 0 Å². The number of halogens is 4. The summed E-state index contributed by atoms with van der Waals surface area (Å²) in [5.74, 6) is -0.952. The van der Waals surface area contributed by atoms with Crippen LogP contribution in [0, 0.1) is 5.82 Å². The minimum atomic E-state index is -3.45. The molecule has 1 fully saturated rings. The maximum atomic E-state index is 14.9. The SMILES string of the molecule is O=C(NCc1cc2nc(-c3cncc(N4CCC4)n3)ccc2cn1)c1cc(F)c2c(c1)[C@](F)(C(F)F)COC2. The van der Waals surface area contributed by atoms with Crippen LogP contribution in [0.3, 0.4) is 0 Å². The molecule has 1 atom stereocenters. The largest absolute Gasteiger partial charge is 0.373 e. The third-order valence-electron chi connectivity index (χ3n) is 6.93. The van der Waals surface area contributed by atoms with Crippen LogP contribution in [0.2, 0.25) is 0 Å². The Balaban J connectivity index is 1.22. The van der Waals surface area contributed by atoms with Crippen molar-refractivity contribution >= 4 is 22.6 Å². The summed E-state index contributed by atoms with van der Waals surface area (Å²) < 4.78 is 61.3. The molecule has 1 saturated heterocycles. The molecule has 0 radical (unpaired) electrons. The number of amides is 1. The highest BCUT2D eigenvalue weighted by molar-refractivity contribution is 5.94. The molecule has 2 aliphatic rings. The molecule has 5 heterocycles. The van der Waals surface area contributed by atoms with Crippen LogP contribution < -0.4 is 10.2 Å². The zero-order valence-electron chi connectivity index (χ0n) is 20.5. The number of carbonyl (C=O) groups is 1. The summed E-state index contributed by atoms with van der Waals surface area (Å²) in [7, 11) is 0. The van der Waals surface area contributed by atoms with Crippen LogP contribution in [0.15, 0.2) is 48.9 Å². The van der Waals surface area contributed by atoms with Gasteiger partial charge in [0.05, 0.1) is 49.1 Å². The fourth-order valence-corrected chi connectivity index (χ4v) is 4.59. The molecule has 0 bridgehead atoms. The van der Waals surface area contributed by atoms with E-state index in [2.05, 4.69) is 30.2 Å². The van der Waals surface area contributed by atoms with Gasteiger partial charge in [-0.25, -0.2) is 27.5 Å². The van der Waals surface area contributed by atoms with Crippen LogP contribution in [-0.4, -0.2) is 52.0 Å². The highest BCUT2D eigenvalue weighted by atomic mass is 19.3. The molecule has 200 valence electrons. The third kappa shape index (κ3) is 4.65. The minimum absolute atomic E-state index is 0.0532. The zero-order valence-corrected chi connectivity index (χ0v) is 20.5. The Hall–Kier alpha value is -4.19. The lowest BCUT2D eigenvalue weighted by molar-refractivity contribution is -0.107. The van der Waals surface area contributed by atoms with Crippen molar-refractivity contribution in [1.82, 2.24) is 25.3 Å². The lowest BCUT2D eigenvalue weighted by atomic mass is 9.88. The van der Waals surface area contributed by atoms with Gasteiger partial charge in [0.2, 0.25) is 5.67 Å². The number of hydrogen-bond acceptors (Lipinski definition) is 7. The number of anilines is 1. The van der Waals surface area contributed by atoms with Crippen molar-refractivity contribution < 1.29 is 27.1 Å². The number of fused-ring (bicyclic) bond motifs is 2. The first-order chi connectivity index (χ1) is 18.8. The van der Waals surface area contributed by atoms with Crippen LogP contribution in [-0.2, 0) is 23.6 Å².